The lowest BCUT2D eigenvalue weighted by Gasteiger charge is -2.31. The minimum Gasteiger partial charge on any atom is -0.316 e. The van der Waals surface area contributed by atoms with Gasteiger partial charge in [0.25, 0.3) is 0 Å². The van der Waals surface area contributed by atoms with Gasteiger partial charge in [-0.25, -0.2) is 4.98 Å². The summed E-state index contributed by atoms with van der Waals surface area (Å²) in [6.45, 7) is 3.72. The van der Waals surface area contributed by atoms with Crippen LogP contribution in [-0.2, 0) is 4.79 Å². The molecule has 1 saturated heterocycles. The fraction of sp³-hybridized carbons (Fsp3) is 0.556. The molecule has 1 fully saturated rings. The second-order valence-electron chi connectivity index (χ2n) is 3.66. The maximum Gasteiger partial charge on any atom is 0.249 e. The summed E-state index contributed by atoms with van der Waals surface area (Å²) in [5.41, 5.74) is 0. The van der Waals surface area contributed by atoms with E-state index in [9.17, 15) is 4.79 Å². The Morgan fingerprint density at radius 1 is 1.60 bits per heavy atom. The van der Waals surface area contributed by atoms with Crippen molar-refractivity contribution in [3.05, 3.63) is 12.4 Å². The second-order valence-corrected chi connectivity index (χ2v) is 3.66. The van der Waals surface area contributed by atoms with Gasteiger partial charge in [0.05, 0.1) is 12.4 Å². The lowest BCUT2D eigenvalue weighted by Crippen LogP contribution is -2.48. The molecule has 1 aromatic rings. The minimum absolute atomic E-state index is 0.0185. The van der Waals surface area contributed by atoms with Crippen molar-refractivity contribution in [3.63, 3.8) is 0 Å². The van der Waals surface area contributed by atoms with Gasteiger partial charge in [-0.05, 0) is 19.0 Å². The summed E-state index contributed by atoms with van der Waals surface area (Å²) in [6.07, 6.45) is 2.97. The maximum atomic E-state index is 11.7. The smallest absolute Gasteiger partial charge is 0.249 e. The molecule has 1 amide bonds. The molecule has 2 rings (SSSR count). The van der Waals surface area contributed by atoms with Crippen LogP contribution in [0.15, 0.2) is 12.4 Å². The Morgan fingerprint density at radius 3 is 2.93 bits per heavy atom. The fourth-order valence-electron chi connectivity index (χ4n) is 1.41. The van der Waals surface area contributed by atoms with Crippen molar-refractivity contribution in [1.82, 2.24) is 20.5 Å². The molecule has 1 atom stereocenters. The molecule has 6 nitrogen and oxygen atoms in total. The van der Waals surface area contributed by atoms with Crippen molar-refractivity contribution in [2.75, 3.05) is 18.4 Å². The molecule has 1 aliphatic heterocycles. The Kier molecular flexibility index (Phi) is 2.86. The van der Waals surface area contributed by atoms with Gasteiger partial charge in [0.1, 0.15) is 0 Å². The number of hydrogen-bond donors (Lipinski definition) is 2. The van der Waals surface area contributed by atoms with Gasteiger partial charge in [-0.1, -0.05) is 6.92 Å². The largest absolute Gasteiger partial charge is 0.316 e. The van der Waals surface area contributed by atoms with Crippen LogP contribution in [-0.4, -0.2) is 34.2 Å². The van der Waals surface area contributed by atoms with Crippen LogP contribution in [0.2, 0.25) is 0 Å². The standard InChI is InChI=1S/C9H13N5O/c1-6(7-4-10-5-7)8(15)13-9-11-2-3-12-14-9/h2-3,6-7,10H,4-5H2,1H3,(H,11,13,14,15). The van der Waals surface area contributed by atoms with Crippen LogP contribution >= 0.6 is 0 Å². The van der Waals surface area contributed by atoms with E-state index in [1.54, 1.807) is 0 Å². The number of rotatable bonds is 3. The highest BCUT2D eigenvalue weighted by Gasteiger charge is 2.28. The van der Waals surface area contributed by atoms with Gasteiger partial charge in [-0.15, -0.1) is 5.10 Å². The number of carbonyl (C=O) groups is 1. The molecule has 0 saturated carbocycles. The Bertz CT molecular complexity index is 338. The molecule has 0 aliphatic carbocycles. The van der Waals surface area contributed by atoms with Crippen LogP contribution in [0.1, 0.15) is 6.92 Å². The normalized spacial score (nSPS) is 17.9. The van der Waals surface area contributed by atoms with E-state index in [2.05, 4.69) is 25.8 Å². The highest BCUT2D eigenvalue weighted by atomic mass is 16.2. The van der Waals surface area contributed by atoms with E-state index < -0.39 is 0 Å². The summed E-state index contributed by atoms with van der Waals surface area (Å²) in [6, 6.07) is 0. The molecule has 0 radical (unpaired) electrons. The van der Waals surface area contributed by atoms with E-state index in [-0.39, 0.29) is 17.8 Å². The molecular weight excluding hydrogens is 194 g/mol. The topological polar surface area (TPSA) is 79.8 Å². The molecule has 2 N–H and O–H groups in total. The Labute approximate surface area is 87.5 Å². The third kappa shape index (κ3) is 2.27. The first-order valence-corrected chi connectivity index (χ1v) is 4.92. The lowest BCUT2D eigenvalue weighted by molar-refractivity contribution is -0.121. The molecular formula is C9H13N5O. The van der Waals surface area contributed by atoms with Crippen LogP contribution in [0.25, 0.3) is 0 Å². The molecule has 0 aromatic carbocycles. The SMILES string of the molecule is CC(C(=O)Nc1nccnn1)C1CNC1. The average molecular weight is 207 g/mol. The predicted octanol–water partition coefficient (Wildman–Crippen LogP) is -0.334. The van der Waals surface area contributed by atoms with Crippen molar-refractivity contribution in [2.45, 2.75) is 6.92 Å². The number of anilines is 1. The minimum atomic E-state index is -0.0468. The zero-order valence-corrected chi connectivity index (χ0v) is 8.47. The summed E-state index contributed by atoms with van der Waals surface area (Å²) in [7, 11) is 0. The predicted molar refractivity (Wildman–Crippen MR) is 54.0 cm³/mol. The zero-order chi connectivity index (χ0) is 10.7. The van der Waals surface area contributed by atoms with E-state index in [1.807, 2.05) is 6.92 Å². The lowest BCUT2D eigenvalue weighted by atomic mass is 9.88. The molecule has 6 heteroatoms. The van der Waals surface area contributed by atoms with Gasteiger partial charge in [0.2, 0.25) is 11.9 Å². The van der Waals surface area contributed by atoms with Crippen molar-refractivity contribution >= 4 is 11.9 Å². The van der Waals surface area contributed by atoms with E-state index in [1.165, 1.54) is 12.4 Å². The molecule has 0 spiro atoms. The first-order valence-electron chi connectivity index (χ1n) is 4.92. The summed E-state index contributed by atoms with van der Waals surface area (Å²) in [5.74, 6) is 0.618. The number of hydrogen-bond acceptors (Lipinski definition) is 5. The van der Waals surface area contributed by atoms with Gasteiger partial charge < -0.3 is 5.32 Å². The van der Waals surface area contributed by atoms with Crippen molar-refractivity contribution in [1.29, 1.82) is 0 Å². The molecule has 1 unspecified atom stereocenters. The Morgan fingerprint density at radius 2 is 2.40 bits per heavy atom. The Hall–Kier alpha value is -1.56. The first-order chi connectivity index (χ1) is 7.27. The van der Waals surface area contributed by atoms with E-state index in [0.29, 0.717) is 5.92 Å². The summed E-state index contributed by atoms with van der Waals surface area (Å²) in [4.78, 5) is 15.6. The van der Waals surface area contributed by atoms with Crippen molar-refractivity contribution in [3.8, 4) is 0 Å². The van der Waals surface area contributed by atoms with Gasteiger partial charge in [-0.2, -0.15) is 5.10 Å². The quantitative estimate of drug-likeness (QED) is 0.709. The number of carbonyl (C=O) groups excluding carboxylic acids is 1. The molecule has 15 heavy (non-hydrogen) atoms. The summed E-state index contributed by atoms with van der Waals surface area (Å²) in [5, 5.41) is 13.1. The monoisotopic (exact) mass is 207 g/mol. The van der Waals surface area contributed by atoms with Crippen LogP contribution in [0, 0.1) is 11.8 Å². The van der Waals surface area contributed by atoms with Gasteiger partial charge in [0, 0.05) is 5.92 Å². The third-order valence-corrected chi connectivity index (χ3v) is 2.65. The number of aromatic nitrogens is 3. The number of amides is 1. The Balaban J connectivity index is 1.91. The number of nitrogens with one attached hydrogen (secondary N) is 2. The third-order valence-electron chi connectivity index (χ3n) is 2.65. The summed E-state index contributed by atoms with van der Waals surface area (Å²) >= 11 is 0. The first kappa shape index (κ1) is 9.97. The average Bonchev–Trinajstić information content (AvgIpc) is 2.16. The number of nitrogens with zero attached hydrogens (tertiary/aromatic N) is 3. The van der Waals surface area contributed by atoms with Gasteiger partial charge in [-0.3, -0.25) is 10.1 Å². The maximum absolute atomic E-state index is 11.7. The van der Waals surface area contributed by atoms with Gasteiger partial charge >= 0.3 is 0 Å². The van der Waals surface area contributed by atoms with Gasteiger partial charge in [0.15, 0.2) is 0 Å². The van der Waals surface area contributed by atoms with E-state index >= 15 is 0 Å². The fourth-order valence-corrected chi connectivity index (χ4v) is 1.41. The highest BCUT2D eigenvalue weighted by molar-refractivity contribution is 5.90. The van der Waals surface area contributed by atoms with Crippen LogP contribution in [0.5, 0.6) is 0 Å². The van der Waals surface area contributed by atoms with E-state index in [0.717, 1.165) is 13.1 Å². The van der Waals surface area contributed by atoms with Crippen molar-refractivity contribution in [2.24, 2.45) is 11.8 Å². The van der Waals surface area contributed by atoms with Crippen molar-refractivity contribution < 1.29 is 4.79 Å². The zero-order valence-electron chi connectivity index (χ0n) is 8.47. The molecule has 1 aromatic heterocycles. The molecule has 1 aliphatic rings. The second kappa shape index (κ2) is 4.31. The van der Waals surface area contributed by atoms with Crippen LogP contribution in [0.3, 0.4) is 0 Å². The molecule has 2 heterocycles. The van der Waals surface area contributed by atoms with Crippen LogP contribution < -0.4 is 10.6 Å². The van der Waals surface area contributed by atoms with Crippen LogP contribution in [0.4, 0.5) is 5.95 Å². The highest BCUT2D eigenvalue weighted by Crippen LogP contribution is 2.16. The molecule has 80 valence electrons. The van der Waals surface area contributed by atoms with E-state index in [4.69, 9.17) is 0 Å². The molecule has 0 bridgehead atoms. The summed E-state index contributed by atoms with van der Waals surface area (Å²) < 4.78 is 0.